The van der Waals surface area contributed by atoms with Crippen LogP contribution in [0.2, 0.25) is 0 Å². The monoisotopic (exact) mass is 643 g/mol. The van der Waals surface area contributed by atoms with Crippen molar-refractivity contribution in [1.82, 2.24) is 10.6 Å². The minimum Gasteiger partial charge on any atom is -0.460 e. The van der Waals surface area contributed by atoms with Crippen LogP contribution in [0.1, 0.15) is 141 Å². The van der Waals surface area contributed by atoms with Crippen LogP contribution >= 0.6 is 0 Å². The molecule has 0 heterocycles. The lowest BCUT2D eigenvalue weighted by atomic mass is 9.83. The third kappa shape index (κ3) is 22.3. The molecular weight excluding hydrogens is 582 g/mol. The van der Waals surface area contributed by atoms with Crippen molar-refractivity contribution in [2.24, 2.45) is 5.73 Å². The molecule has 12 nitrogen and oxygen atoms in total. The Labute approximate surface area is 270 Å². The van der Waals surface area contributed by atoms with Gasteiger partial charge >= 0.3 is 24.0 Å². The second kappa shape index (κ2) is 17.7. The van der Waals surface area contributed by atoms with Gasteiger partial charge in [-0.3, -0.25) is 19.2 Å². The summed E-state index contributed by atoms with van der Waals surface area (Å²) in [6.07, 6.45) is 0.544. The summed E-state index contributed by atoms with van der Waals surface area (Å²) in [6, 6.07) is -1.00. The van der Waals surface area contributed by atoms with Gasteiger partial charge in [-0.2, -0.15) is 0 Å². The highest BCUT2D eigenvalue weighted by Gasteiger charge is 2.38. The van der Waals surface area contributed by atoms with Crippen LogP contribution in [0.15, 0.2) is 0 Å². The Hall–Kier alpha value is -2.89. The summed E-state index contributed by atoms with van der Waals surface area (Å²) >= 11 is 0. The fraction of sp³-hybridized carbons (Fsp3) is 0.848. The summed E-state index contributed by atoms with van der Waals surface area (Å²) < 4.78 is 21.9. The lowest BCUT2D eigenvalue weighted by Crippen LogP contribution is -2.56. The van der Waals surface area contributed by atoms with Crippen molar-refractivity contribution < 1.29 is 42.9 Å². The molecule has 262 valence electrons. The summed E-state index contributed by atoms with van der Waals surface area (Å²) in [7, 11) is 0. The zero-order valence-corrected chi connectivity index (χ0v) is 29.9. The molecule has 0 aliphatic carbocycles. The highest BCUT2D eigenvalue weighted by atomic mass is 16.6. The molecule has 0 rings (SSSR count). The van der Waals surface area contributed by atoms with E-state index in [1.165, 1.54) is 0 Å². The van der Waals surface area contributed by atoms with Crippen molar-refractivity contribution in [2.45, 2.75) is 175 Å². The predicted molar refractivity (Wildman–Crippen MR) is 172 cm³/mol. The van der Waals surface area contributed by atoms with Crippen molar-refractivity contribution >= 4 is 29.9 Å². The quantitative estimate of drug-likeness (QED) is 0.115. The first-order chi connectivity index (χ1) is 20.2. The molecule has 0 aliphatic rings. The molecule has 1 atom stereocenters. The van der Waals surface area contributed by atoms with Gasteiger partial charge in [-0.1, -0.05) is 0 Å². The van der Waals surface area contributed by atoms with Gasteiger partial charge in [0.15, 0.2) is 0 Å². The average molecular weight is 644 g/mol. The molecule has 45 heavy (non-hydrogen) atoms. The van der Waals surface area contributed by atoms with Crippen LogP contribution in [0.4, 0.5) is 4.79 Å². The number of nitrogens with one attached hydrogen (secondary N) is 2. The first-order valence-corrected chi connectivity index (χ1v) is 15.9. The highest BCUT2D eigenvalue weighted by molar-refractivity contribution is 5.86. The van der Waals surface area contributed by atoms with E-state index >= 15 is 0 Å². The maximum atomic E-state index is 13.9. The van der Waals surface area contributed by atoms with Crippen molar-refractivity contribution in [3.8, 4) is 0 Å². The standard InChI is InChI=1S/C33H61N3O9/c1-29(2,3)42-24(37)16-19-33(20-17-25(38)43-30(4,5)6,21-18-26(39)44-31(7,8)9)36-27(40)23(15-13-14-22-34)35-28(41)45-32(10,11)12/h23H,13-22,34H2,1-12H3,(H,35,41)(H,36,40)/t23-/m0/s1. The Morgan fingerprint density at radius 3 is 1.24 bits per heavy atom. The zero-order valence-electron chi connectivity index (χ0n) is 29.9. The van der Waals surface area contributed by atoms with Crippen molar-refractivity contribution in [3.05, 3.63) is 0 Å². The van der Waals surface area contributed by atoms with Crippen LogP contribution in [0.5, 0.6) is 0 Å². The van der Waals surface area contributed by atoms with E-state index in [1.54, 1.807) is 83.1 Å². The molecule has 4 N–H and O–H groups in total. The molecular formula is C33H61N3O9. The number of amides is 2. The van der Waals surface area contributed by atoms with Crippen molar-refractivity contribution in [3.63, 3.8) is 0 Å². The maximum absolute atomic E-state index is 13.9. The van der Waals surface area contributed by atoms with Crippen LogP contribution in [0, 0.1) is 0 Å². The Bertz CT molecular complexity index is 905. The molecule has 0 saturated carbocycles. The van der Waals surface area contributed by atoms with E-state index in [9.17, 15) is 24.0 Å². The Kier molecular flexibility index (Phi) is 16.6. The summed E-state index contributed by atoms with van der Waals surface area (Å²) in [5, 5.41) is 5.67. The number of hydrogen-bond donors (Lipinski definition) is 3. The molecule has 0 radical (unpaired) electrons. The van der Waals surface area contributed by atoms with E-state index < -0.39 is 63.9 Å². The van der Waals surface area contributed by atoms with Crippen LogP contribution in [-0.2, 0) is 38.1 Å². The van der Waals surface area contributed by atoms with Gasteiger partial charge in [0.2, 0.25) is 5.91 Å². The number of unbranched alkanes of at least 4 members (excludes halogenated alkanes) is 1. The molecule has 0 spiro atoms. The molecule has 0 aromatic rings. The Balaban J connectivity index is 6.51. The summed E-state index contributed by atoms with van der Waals surface area (Å²) in [5.41, 5.74) is 1.44. The second-order valence-corrected chi connectivity index (χ2v) is 15.5. The van der Waals surface area contributed by atoms with Gasteiger partial charge in [-0.05, 0) is 128 Å². The van der Waals surface area contributed by atoms with Crippen LogP contribution in [0.3, 0.4) is 0 Å². The predicted octanol–water partition coefficient (Wildman–Crippen LogP) is 5.23. The molecule has 0 aliphatic heterocycles. The van der Waals surface area contributed by atoms with Gasteiger partial charge in [0.05, 0.1) is 0 Å². The molecule has 0 saturated heterocycles. The van der Waals surface area contributed by atoms with E-state index in [0.717, 1.165) is 0 Å². The molecule has 2 amide bonds. The fourth-order valence-corrected chi connectivity index (χ4v) is 4.32. The van der Waals surface area contributed by atoms with Crippen LogP contribution in [0.25, 0.3) is 0 Å². The Morgan fingerprint density at radius 1 is 0.578 bits per heavy atom. The zero-order chi connectivity index (χ0) is 35.3. The Morgan fingerprint density at radius 2 is 0.933 bits per heavy atom. The average Bonchev–Trinajstić information content (AvgIpc) is 2.80. The summed E-state index contributed by atoms with van der Waals surface area (Å²) in [5.74, 6) is -2.04. The number of nitrogens with two attached hydrogens (primary N) is 1. The van der Waals surface area contributed by atoms with E-state index in [-0.39, 0.29) is 44.9 Å². The lowest BCUT2D eigenvalue weighted by molar-refractivity contribution is -0.155. The van der Waals surface area contributed by atoms with Gasteiger partial charge in [-0.15, -0.1) is 0 Å². The largest absolute Gasteiger partial charge is 0.460 e. The smallest absolute Gasteiger partial charge is 0.408 e. The van der Waals surface area contributed by atoms with Gasteiger partial charge in [-0.25, -0.2) is 4.79 Å². The van der Waals surface area contributed by atoms with Gasteiger partial charge < -0.3 is 35.3 Å². The van der Waals surface area contributed by atoms with E-state index in [0.29, 0.717) is 19.4 Å². The number of esters is 3. The first kappa shape index (κ1) is 42.1. The third-order valence-corrected chi connectivity index (χ3v) is 6.03. The molecule has 0 aromatic heterocycles. The number of rotatable bonds is 16. The van der Waals surface area contributed by atoms with E-state index in [2.05, 4.69) is 10.6 Å². The highest BCUT2D eigenvalue weighted by Crippen LogP contribution is 2.29. The normalized spacial score (nSPS) is 13.4. The number of alkyl carbamates (subject to hydrolysis) is 1. The molecule has 0 aromatic carbocycles. The number of carbonyl (C=O) groups is 5. The van der Waals surface area contributed by atoms with Crippen LogP contribution in [-0.4, -0.2) is 70.4 Å². The molecule has 0 unspecified atom stereocenters. The molecule has 12 heteroatoms. The SMILES string of the molecule is CC(C)(C)OC(=O)CCC(CCC(=O)OC(C)(C)C)(CCC(=O)OC(C)(C)C)NC(=O)[C@H](CCCCN)NC(=O)OC(C)(C)C. The minimum atomic E-state index is -1.23. The minimum absolute atomic E-state index is 0.0568. The van der Waals surface area contributed by atoms with Crippen molar-refractivity contribution in [1.29, 1.82) is 0 Å². The number of ether oxygens (including phenoxy) is 4. The van der Waals surface area contributed by atoms with Gasteiger partial charge in [0.25, 0.3) is 0 Å². The van der Waals surface area contributed by atoms with E-state index in [4.69, 9.17) is 24.7 Å². The van der Waals surface area contributed by atoms with Gasteiger partial charge in [0.1, 0.15) is 28.4 Å². The summed E-state index contributed by atoms with van der Waals surface area (Å²) in [4.78, 5) is 65.1. The van der Waals surface area contributed by atoms with Crippen molar-refractivity contribution in [2.75, 3.05) is 6.54 Å². The topological polar surface area (TPSA) is 172 Å². The maximum Gasteiger partial charge on any atom is 0.408 e. The third-order valence-electron chi connectivity index (χ3n) is 6.03. The fourth-order valence-electron chi connectivity index (χ4n) is 4.32. The first-order valence-electron chi connectivity index (χ1n) is 15.9. The molecule has 0 bridgehead atoms. The number of carbonyl (C=O) groups excluding carboxylic acids is 5. The molecule has 0 fully saturated rings. The lowest BCUT2D eigenvalue weighted by Gasteiger charge is -2.37. The second-order valence-electron chi connectivity index (χ2n) is 15.5. The van der Waals surface area contributed by atoms with Crippen LogP contribution < -0.4 is 16.4 Å². The number of hydrogen-bond acceptors (Lipinski definition) is 10. The summed E-state index contributed by atoms with van der Waals surface area (Å²) in [6.45, 7) is 21.3. The van der Waals surface area contributed by atoms with E-state index in [1.807, 2.05) is 0 Å². The van der Waals surface area contributed by atoms with Gasteiger partial charge in [0, 0.05) is 24.8 Å².